The fourth-order valence-corrected chi connectivity index (χ4v) is 4.01. The third-order valence-electron chi connectivity index (χ3n) is 5.39. The second-order valence-corrected chi connectivity index (χ2v) is 6.74. The minimum Gasteiger partial charge on any atom is -0.0683 e. The molecule has 0 saturated carbocycles. The maximum Gasteiger partial charge on any atom is -0.0139 e. The summed E-state index contributed by atoms with van der Waals surface area (Å²) < 4.78 is 0. The van der Waals surface area contributed by atoms with Crippen molar-refractivity contribution in [2.24, 2.45) is 0 Å². The quantitative estimate of drug-likeness (QED) is 0.216. The standard InChI is InChI=1S/C24H18.4C2H6/c1-15-21-11-17-7-3-5-9-19(17)13-23(21)16(2)24-14-20-10-6-4-8-18(20)12-22(15)24;4*1-2/h3-14H,1-2H3;4*1-2H3. The van der Waals surface area contributed by atoms with Crippen LogP contribution in [0.4, 0.5) is 0 Å². The highest BCUT2D eigenvalue weighted by Crippen LogP contribution is 2.36. The molecule has 170 valence electrons. The molecule has 0 N–H and O–H groups in total. The van der Waals surface area contributed by atoms with E-state index in [1.165, 1.54) is 54.2 Å². The third-order valence-corrected chi connectivity index (χ3v) is 5.39. The molecule has 0 radical (unpaired) electrons. The Hall–Kier alpha value is -2.86. The fourth-order valence-electron chi connectivity index (χ4n) is 4.01. The Bertz CT molecular complexity index is 1060. The summed E-state index contributed by atoms with van der Waals surface area (Å²) in [6.45, 7) is 20.5. The predicted octanol–water partition coefficient (Wildman–Crippen LogP) is 11.0. The van der Waals surface area contributed by atoms with E-state index in [-0.39, 0.29) is 0 Å². The van der Waals surface area contributed by atoms with Gasteiger partial charge < -0.3 is 0 Å². The molecule has 0 aliphatic heterocycles. The Morgan fingerprint density at radius 2 is 0.531 bits per heavy atom. The summed E-state index contributed by atoms with van der Waals surface area (Å²) in [5.41, 5.74) is 2.75. The van der Waals surface area contributed by atoms with Gasteiger partial charge in [-0.2, -0.15) is 0 Å². The van der Waals surface area contributed by atoms with Crippen LogP contribution in [0.3, 0.4) is 0 Å². The first-order chi connectivity index (χ1) is 15.7. The van der Waals surface area contributed by atoms with Gasteiger partial charge in [0.05, 0.1) is 0 Å². The van der Waals surface area contributed by atoms with Gasteiger partial charge >= 0.3 is 0 Å². The van der Waals surface area contributed by atoms with Crippen LogP contribution in [0.2, 0.25) is 0 Å². The van der Waals surface area contributed by atoms with E-state index in [9.17, 15) is 0 Å². The molecule has 5 aromatic rings. The summed E-state index contributed by atoms with van der Waals surface area (Å²) in [5.74, 6) is 0. The summed E-state index contributed by atoms with van der Waals surface area (Å²) >= 11 is 0. The zero-order valence-electron chi connectivity index (χ0n) is 21.9. The number of hydrogen-bond acceptors (Lipinski definition) is 0. The molecule has 0 atom stereocenters. The Morgan fingerprint density at radius 1 is 0.344 bits per heavy atom. The second kappa shape index (κ2) is 13.5. The monoisotopic (exact) mass is 426 g/mol. The molecule has 0 bridgehead atoms. The van der Waals surface area contributed by atoms with Crippen molar-refractivity contribution in [3.05, 3.63) is 83.9 Å². The van der Waals surface area contributed by atoms with Crippen LogP contribution in [0.1, 0.15) is 66.5 Å². The normalized spacial score (nSPS) is 9.56. The SMILES string of the molecule is CC.CC.CC.CC.Cc1c2cc3ccccc3cc2c(C)c2cc3ccccc3cc12. The van der Waals surface area contributed by atoms with Gasteiger partial charge in [-0.05, 0) is 92.3 Å². The highest BCUT2D eigenvalue weighted by atomic mass is 14.1. The van der Waals surface area contributed by atoms with Crippen molar-refractivity contribution in [2.75, 3.05) is 0 Å². The number of rotatable bonds is 0. The van der Waals surface area contributed by atoms with Crippen molar-refractivity contribution in [3.8, 4) is 0 Å². The van der Waals surface area contributed by atoms with Gasteiger partial charge in [-0.1, -0.05) is 104 Å². The van der Waals surface area contributed by atoms with E-state index in [1.54, 1.807) is 0 Å². The van der Waals surface area contributed by atoms with Crippen LogP contribution in [0.25, 0.3) is 43.1 Å². The van der Waals surface area contributed by atoms with E-state index in [1.807, 2.05) is 55.4 Å². The zero-order valence-corrected chi connectivity index (χ0v) is 21.9. The zero-order chi connectivity index (χ0) is 24.3. The number of benzene rings is 5. The fraction of sp³-hybridized carbons (Fsp3) is 0.312. The second-order valence-electron chi connectivity index (χ2n) is 6.74. The Labute approximate surface area is 196 Å². The molecule has 0 heterocycles. The van der Waals surface area contributed by atoms with Crippen LogP contribution in [0, 0.1) is 13.8 Å². The molecule has 5 aromatic carbocycles. The van der Waals surface area contributed by atoms with Crippen molar-refractivity contribution in [1.82, 2.24) is 0 Å². The maximum absolute atomic E-state index is 2.35. The lowest BCUT2D eigenvalue weighted by Gasteiger charge is -2.14. The van der Waals surface area contributed by atoms with E-state index < -0.39 is 0 Å². The third kappa shape index (κ3) is 5.30. The van der Waals surface area contributed by atoms with Gasteiger partial charge in [-0.25, -0.2) is 0 Å². The van der Waals surface area contributed by atoms with Crippen molar-refractivity contribution in [2.45, 2.75) is 69.2 Å². The van der Waals surface area contributed by atoms with Crippen molar-refractivity contribution in [1.29, 1.82) is 0 Å². The first kappa shape index (κ1) is 27.2. The molecule has 0 aliphatic rings. The molecule has 0 spiro atoms. The molecule has 0 amide bonds. The summed E-state index contributed by atoms with van der Waals surface area (Å²) in [7, 11) is 0. The molecular weight excluding hydrogens is 384 g/mol. The Morgan fingerprint density at radius 3 is 0.719 bits per heavy atom. The smallest absolute Gasteiger partial charge is 0.0139 e. The largest absolute Gasteiger partial charge is 0.0683 e. The van der Waals surface area contributed by atoms with Gasteiger partial charge in [0.1, 0.15) is 0 Å². The van der Waals surface area contributed by atoms with Crippen LogP contribution >= 0.6 is 0 Å². The van der Waals surface area contributed by atoms with E-state index in [2.05, 4.69) is 86.6 Å². The summed E-state index contributed by atoms with van der Waals surface area (Å²) in [5, 5.41) is 10.7. The van der Waals surface area contributed by atoms with Crippen LogP contribution in [-0.2, 0) is 0 Å². The molecule has 0 fully saturated rings. The van der Waals surface area contributed by atoms with Gasteiger partial charge in [-0.3, -0.25) is 0 Å². The van der Waals surface area contributed by atoms with Gasteiger partial charge in [0.15, 0.2) is 0 Å². The molecule has 0 unspecified atom stereocenters. The molecule has 0 heteroatoms. The van der Waals surface area contributed by atoms with E-state index in [0.29, 0.717) is 0 Å². The average Bonchev–Trinajstić information content (AvgIpc) is 2.90. The Kier molecular flexibility index (Phi) is 11.5. The predicted molar refractivity (Wildman–Crippen MR) is 151 cm³/mol. The van der Waals surface area contributed by atoms with Crippen molar-refractivity contribution < 1.29 is 0 Å². The molecule has 0 aliphatic carbocycles. The van der Waals surface area contributed by atoms with Gasteiger partial charge in [0, 0.05) is 0 Å². The topological polar surface area (TPSA) is 0 Å². The number of hydrogen-bond donors (Lipinski definition) is 0. The Balaban J connectivity index is 0.000000581. The van der Waals surface area contributed by atoms with Crippen LogP contribution in [-0.4, -0.2) is 0 Å². The number of fused-ring (bicyclic) bond motifs is 4. The minimum atomic E-state index is 1.31. The minimum absolute atomic E-state index is 1.31. The molecular formula is C32H42. The summed E-state index contributed by atoms with van der Waals surface area (Å²) in [6, 6.07) is 26.7. The first-order valence-electron chi connectivity index (χ1n) is 12.5. The van der Waals surface area contributed by atoms with Gasteiger partial charge in [-0.15, -0.1) is 0 Å². The van der Waals surface area contributed by atoms with Crippen molar-refractivity contribution >= 4 is 43.1 Å². The van der Waals surface area contributed by atoms with Crippen molar-refractivity contribution in [3.63, 3.8) is 0 Å². The van der Waals surface area contributed by atoms with Crippen LogP contribution in [0.5, 0.6) is 0 Å². The molecule has 5 rings (SSSR count). The molecule has 0 nitrogen and oxygen atoms in total. The first-order valence-corrected chi connectivity index (χ1v) is 12.5. The number of aryl methyl sites for hydroxylation is 2. The van der Waals surface area contributed by atoms with E-state index in [4.69, 9.17) is 0 Å². The summed E-state index contributed by atoms with van der Waals surface area (Å²) in [4.78, 5) is 0. The molecule has 0 saturated heterocycles. The van der Waals surface area contributed by atoms with Gasteiger partial charge in [0.2, 0.25) is 0 Å². The highest BCUT2D eigenvalue weighted by molar-refractivity contribution is 6.12. The lowest BCUT2D eigenvalue weighted by atomic mass is 9.90. The lowest BCUT2D eigenvalue weighted by Crippen LogP contribution is -1.89. The average molecular weight is 427 g/mol. The van der Waals surface area contributed by atoms with Crippen LogP contribution < -0.4 is 0 Å². The summed E-state index contributed by atoms with van der Waals surface area (Å²) in [6.07, 6.45) is 0. The maximum atomic E-state index is 2.35. The molecule has 0 aromatic heterocycles. The molecule has 32 heavy (non-hydrogen) atoms. The highest BCUT2D eigenvalue weighted by Gasteiger charge is 2.11. The van der Waals surface area contributed by atoms with E-state index >= 15 is 0 Å². The lowest BCUT2D eigenvalue weighted by molar-refractivity contribution is 1.50. The van der Waals surface area contributed by atoms with Crippen LogP contribution in [0.15, 0.2) is 72.8 Å². The van der Waals surface area contributed by atoms with E-state index in [0.717, 1.165) is 0 Å². The van der Waals surface area contributed by atoms with Gasteiger partial charge in [0.25, 0.3) is 0 Å².